The fourth-order valence-electron chi connectivity index (χ4n) is 4.93. The third kappa shape index (κ3) is 6.92. The van der Waals surface area contributed by atoms with Crippen molar-refractivity contribution < 1.29 is 27.6 Å². The number of aryl methyl sites for hydroxylation is 1. The summed E-state index contributed by atoms with van der Waals surface area (Å²) < 4.78 is 42.0. The number of anilines is 2. The number of aromatic nitrogens is 2. The van der Waals surface area contributed by atoms with E-state index in [4.69, 9.17) is 0 Å². The Bertz CT molecular complexity index is 1710. The predicted octanol–water partition coefficient (Wildman–Crippen LogP) is 5.34. The lowest BCUT2D eigenvalue weighted by atomic mass is 10.0. The second-order valence-electron chi connectivity index (χ2n) is 10.8. The predicted molar refractivity (Wildman–Crippen MR) is 157 cm³/mol. The number of pyridine rings is 1. The average molecular weight is 593 g/mol. The van der Waals surface area contributed by atoms with Gasteiger partial charge in [0.25, 0.3) is 11.8 Å². The average Bonchev–Trinajstić information content (AvgIpc) is 3.40. The number of nitrogens with zero attached hydrogens (tertiary/aromatic N) is 3. The van der Waals surface area contributed by atoms with E-state index >= 15 is 0 Å². The number of amides is 2. The number of hydrogen-bond donors (Lipinski definition) is 3. The Morgan fingerprint density at radius 3 is 2.35 bits per heavy atom. The van der Waals surface area contributed by atoms with Gasteiger partial charge in [0.1, 0.15) is 5.65 Å². The maximum Gasteiger partial charge on any atom is 0.416 e. The summed E-state index contributed by atoms with van der Waals surface area (Å²) in [5, 5.41) is 6.03. The SMILES string of the molecule is CC(=O)c1cc2cc(C(=O)Nc3cc(NC(=O)c4ccc(CN5CCN(C)CC5)c(C(F)(F)F)c4)ccc3C)cnc2[nH]1. The molecule has 1 aliphatic rings. The molecule has 3 heterocycles. The van der Waals surface area contributed by atoms with E-state index in [-0.39, 0.29) is 29.0 Å². The molecule has 0 unspecified atom stereocenters. The first-order chi connectivity index (χ1) is 20.4. The molecule has 2 aromatic carbocycles. The van der Waals surface area contributed by atoms with Crippen LogP contribution in [0.3, 0.4) is 0 Å². The minimum Gasteiger partial charge on any atom is -0.337 e. The number of halogens is 3. The van der Waals surface area contributed by atoms with Gasteiger partial charge in [0.2, 0.25) is 0 Å². The summed E-state index contributed by atoms with van der Waals surface area (Å²) in [6.07, 6.45) is -3.24. The number of likely N-dealkylation sites (N-methyl/N-ethyl adjacent to an activating group) is 1. The van der Waals surface area contributed by atoms with Crippen LogP contribution >= 0.6 is 0 Å². The first kappa shape index (κ1) is 29.9. The van der Waals surface area contributed by atoms with Gasteiger partial charge in [-0.2, -0.15) is 13.2 Å². The Kier molecular flexibility index (Phi) is 8.34. The van der Waals surface area contributed by atoms with Crippen LogP contribution in [0.1, 0.15) is 54.8 Å². The summed E-state index contributed by atoms with van der Waals surface area (Å²) in [4.78, 5) is 48.9. The van der Waals surface area contributed by atoms with Crippen LogP contribution in [0, 0.1) is 6.92 Å². The van der Waals surface area contributed by atoms with E-state index in [1.807, 2.05) is 11.9 Å². The summed E-state index contributed by atoms with van der Waals surface area (Å²) in [5.41, 5.74) is 1.68. The van der Waals surface area contributed by atoms with Crippen LogP contribution in [0.25, 0.3) is 11.0 Å². The molecule has 12 heteroatoms. The molecule has 0 aliphatic carbocycles. The second kappa shape index (κ2) is 12.0. The van der Waals surface area contributed by atoms with E-state index in [0.29, 0.717) is 46.8 Å². The largest absolute Gasteiger partial charge is 0.416 e. The smallest absolute Gasteiger partial charge is 0.337 e. The van der Waals surface area contributed by atoms with Gasteiger partial charge in [-0.1, -0.05) is 12.1 Å². The highest BCUT2D eigenvalue weighted by atomic mass is 19.4. The number of Topliss-reactive ketones (excluding diaryl/α,β-unsaturated/α-hetero) is 1. The molecule has 0 saturated carbocycles. The van der Waals surface area contributed by atoms with Crippen molar-refractivity contribution in [2.75, 3.05) is 43.9 Å². The van der Waals surface area contributed by atoms with Gasteiger partial charge in [0.05, 0.1) is 16.8 Å². The third-order valence-electron chi connectivity index (χ3n) is 7.52. The molecule has 5 rings (SSSR count). The van der Waals surface area contributed by atoms with Crippen molar-refractivity contribution in [1.82, 2.24) is 19.8 Å². The zero-order chi connectivity index (χ0) is 30.9. The van der Waals surface area contributed by atoms with Crippen molar-refractivity contribution in [3.63, 3.8) is 0 Å². The van der Waals surface area contributed by atoms with Crippen LogP contribution < -0.4 is 10.6 Å². The Labute approximate surface area is 246 Å². The molecule has 4 aromatic rings. The minimum absolute atomic E-state index is 0.124. The molecule has 43 heavy (non-hydrogen) atoms. The molecule has 224 valence electrons. The Hall–Kier alpha value is -4.55. The van der Waals surface area contributed by atoms with Gasteiger partial charge in [-0.15, -0.1) is 0 Å². The lowest BCUT2D eigenvalue weighted by Crippen LogP contribution is -2.44. The van der Waals surface area contributed by atoms with Crippen LogP contribution in [0.2, 0.25) is 0 Å². The van der Waals surface area contributed by atoms with Gasteiger partial charge < -0.3 is 20.5 Å². The van der Waals surface area contributed by atoms with E-state index in [9.17, 15) is 27.6 Å². The molecule has 1 fully saturated rings. The van der Waals surface area contributed by atoms with Crippen LogP contribution in [0.5, 0.6) is 0 Å². The van der Waals surface area contributed by atoms with Crippen molar-refractivity contribution in [2.24, 2.45) is 0 Å². The normalized spacial score (nSPS) is 14.6. The number of rotatable bonds is 7. The highest BCUT2D eigenvalue weighted by Gasteiger charge is 2.34. The molecule has 1 saturated heterocycles. The summed E-state index contributed by atoms with van der Waals surface area (Å²) >= 11 is 0. The summed E-state index contributed by atoms with van der Waals surface area (Å²) in [7, 11) is 1.98. The molecule has 0 atom stereocenters. The fourth-order valence-corrected chi connectivity index (χ4v) is 4.93. The number of fused-ring (bicyclic) bond motifs is 1. The molecule has 0 bridgehead atoms. The summed E-state index contributed by atoms with van der Waals surface area (Å²) in [6.45, 7) is 6.23. The monoisotopic (exact) mass is 592 g/mol. The van der Waals surface area contributed by atoms with E-state index in [1.165, 1.54) is 31.3 Å². The molecule has 3 N–H and O–H groups in total. The number of H-pyrrole nitrogens is 1. The quantitative estimate of drug-likeness (QED) is 0.250. The van der Waals surface area contributed by atoms with E-state index in [0.717, 1.165) is 19.2 Å². The number of carbonyl (C=O) groups is 3. The highest BCUT2D eigenvalue weighted by molar-refractivity contribution is 6.08. The van der Waals surface area contributed by atoms with Gasteiger partial charge in [0.15, 0.2) is 5.78 Å². The first-order valence-corrected chi connectivity index (χ1v) is 13.7. The molecular formula is C31H31F3N6O3. The molecule has 0 radical (unpaired) electrons. The van der Waals surface area contributed by atoms with Crippen molar-refractivity contribution in [1.29, 1.82) is 0 Å². The maximum atomic E-state index is 14.0. The number of nitrogens with one attached hydrogen (secondary N) is 3. The second-order valence-corrected chi connectivity index (χ2v) is 10.8. The Morgan fingerprint density at radius 2 is 1.65 bits per heavy atom. The van der Waals surface area contributed by atoms with E-state index in [1.54, 1.807) is 31.2 Å². The Balaban J connectivity index is 1.31. The molecule has 0 spiro atoms. The van der Waals surface area contributed by atoms with Crippen LogP contribution in [0.4, 0.5) is 24.5 Å². The van der Waals surface area contributed by atoms with Gasteiger partial charge in [-0.3, -0.25) is 19.3 Å². The number of hydrogen-bond acceptors (Lipinski definition) is 6. The van der Waals surface area contributed by atoms with Crippen molar-refractivity contribution >= 4 is 40.0 Å². The number of aromatic amines is 1. The summed E-state index contributed by atoms with van der Waals surface area (Å²) in [5.74, 6) is -1.33. The fraction of sp³-hybridized carbons (Fsp3) is 0.290. The number of benzene rings is 2. The van der Waals surface area contributed by atoms with Gasteiger partial charge >= 0.3 is 6.18 Å². The highest BCUT2D eigenvalue weighted by Crippen LogP contribution is 2.34. The molecule has 2 amide bonds. The van der Waals surface area contributed by atoms with Crippen molar-refractivity contribution in [3.8, 4) is 0 Å². The Morgan fingerprint density at radius 1 is 0.930 bits per heavy atom. The lowest BCUT2D eigenvalue weighted by Gasteiger charge is -2.33. The zero-order valence-electron chi connectivity index (χ0n) is 23.9. The maximum absolute atomic E-state index is 14.0. The number of alkyl halides is 3. The van der Waals surface area contributed by atoms with E-state index < -0.39 is 23.6 Å². The standard InChI is InChI=1S/C31H31F3N6O3/c1-18-4-7-24(15-26(18)38-30(43)23-12-22-14-27(19(2)41)37-28(22)35-16-23)36-29(42)20-5-6-21(25(13-20)31(32,33)34)17-40-10-8-39(3)9-11-40/h4-7,12-16H,8-11,17H2,1-3H3,(H,35,37)(H,36,42)(H,38,43). The van der Waals surface area contributed by atoms with Crippen LogP contribution in [0.15, 0.2) is 54.7 Å². The number of carbonyl (C=O) groups excluding carboxylic acids is 3. The number of ketones is 1. The lowest BCUT2D eigenvalue weighted by molar-refractivity contribution is -0.138. The summed E-state index contributed by atoms with van der Waals surface area (Å²) in [6, 6.07) is 11.7. The molecular weight excluding hydrogens is 561 g/mol. The van der Waals surface area contributed by atoms with Gasteiger partial charge in [0, 0.05) is 68.2 Å². The van der Waals surface area contributed by atoms with Crippen molar-refractivity contribution in [2.45, 2.75) is 26.6 Å². The topological polar surface area (TPSA) is 110 Å². The van der Waals surface area contributed by atoms with Crippen molar-refractivity contribution in [3.05, 3.63) is 88.2 Å². The minimum atomic E-state index is -4.62. The number of piperazine rings is 1. The molecule has 2 aromatic heterocycles. The first-order valence-electron chi connectivity index (χ1n) is 13.7. The van der Waals surface area contributed by atoms with Crippen LogP contribution in [-0.2, 0) is 12.7 Å². The van der Waals surface area contributed by atoms with Gasteiger partial charge in [-0.25, -0.2) is 4.98 Å². The molecule has 1 aliphatic heterocycles. The van der Waals surface area contributed by atoms with Crippen LogP contribution in [-0.4, -0.2) is 70.6 Å². The van der Waals surface area contributed by atoms with E-state index in [2.05, 4.69) is 25.5 Å². The van der Waals surface area contributed by atoms with Gasteiger partial charge in [-0.05, 0) is 61.5 Å². The zero-order valence-corrected chi connectivity index (χ0v) is 23.9. The third-order valence-corrected chi connectivity index (χ3v) is 7.52. The molecule has 9 nitrogen and oxygen atoms in total.